The van der Waals surface area contributed by atoms with Crippen LogP contribution in [0, 0.1) is 6.92 Å². The fourth-order valence-corrected chi connectivity index (χ4v) is 3.67. The molecule has 3 aromatic rings. The number of aromatic nitrogens is 4. The van der Waals surface area contributed by atoms with Gasteiger partial charge < -0.3 is 10.6 Å². The number of benzene rings is 1. The predicted molar refractivity (Wildman–Crippen MR) is 109 cm³/mol. The first-order valence-electron chi connectivity index (χ1n) is 8.65. The van der Waals surface area contributed by atoms with E-state index in [1.807, 2.05) is 41.3 Å². The van der Waals surface area contributed by atoms with Gasteiger partial charge in [0.2, 0.25) is 0 Å². The molecule has 142 valence electrons. The quantitative estimate of drug-likeness (QED) is 0.696. The summed E-state index contributed by atoms with van der Waals surface area (Å²) in [6.07, 6.45) is 3.74. The van der Waals surface area contributed by atoms with Gasteiger partial charge in [-0.1, -0.05) is 17.3 Å². The smallest absolute Gasteiger partial charge is 0.277 e. The van der Waals surface area contributed by atoms with E-state index in [4.69, 9.17) is 0 Å². The fourth-order valence-electron chi connectivity index (χ4n) is 3.05. The highest BCUT2D eigenvalue weighted by Crippen LogP contribution is 2.23. The summed E-state index contributed by atoms with van der Waals surface area (Å²) in [7, 11) is 0. The molecule has 1 amide bonds. The van der Waals surface area contributed by atoms with Crippen LogP contribution in [-0.4, -0.2) is 39.0 Å². The lowest BCUT2D eigenvalue weighted by Crippen LogP contribution is -2.29. The first kappa shape index (κ1) is 19.5. The summed E-state index contributed by atoms with van der Waals surface area (Å²) < 4.78 is 1.81. The van der Waals surface area contributed by atoms with Crippen molar-refractivity contribution in [2.45, 2.75) is 25.8 Å². The number of carbonyl (C=O) groups is 1. The average molecular weight is 405 g/mol. The van der Waals surface area contributed by atoms with Crippen LogP contribution < -0.4 is 10.6 Å². The Bertz CT molecular complexity index is 901. The van der Waals surface area contributed by atoms with Gasteiger partial charge in [0.1, 0.15) is 0 Å². The molecule has 0 aliphatic carbocycles. The predicted octanol–water partition coefficient (Wildman–Crippen LogP) is 3.31. The summed E-state index contributed by atoms with van der Waals surface area (Å²) >= 11 is 1.62. The van der Waals surface area contributed by atoms with Crippen molar-refractivity contribution in [3.63, 3.8) is 0 Å². The molecule has 4 rings (SSSR count). The SMILES string of the molecule is Cc1nc(-c2ccc(NC(=O)c3cn(C4CCNCC4)nn3)cc2)cs1.Cl. The molecule has 0 unspecified atom stereocenters. The number of aryl methyl sites for hydroxylation is 1. The van der Waals surface area contributed by atoms with Gasteiger partial charge in [0.15, 0.2) is 5.69 Å². The van der Waals surface area contributed by atoms with E-state index in [9.17, 15) is 4.79 Å². The van der Waals surface area contributed by atoms with Gasteiger partial charge in [0.05, 0.1) is 22.9 Å². The Balaban J connectivity index is 0.00000210. The van der Waals surface area contributed by atoms with Crippen molar-refractivity contribution in [1.29, 1.82) is 0 Å². The number of carbonyl (C=O) groups excluding carboxylic acids is 1. The van der Waals surface area contributed by atoms with Crippen LogP contribution >= 0.6 is 23.7 Å². The van der Waals surface area contributed by atoms with Crippen LogP contribution in [0.25, 0.3) is 11.3 Å². The number of nitrogens with zero attached hydrogens (tertiary/aromatic N) is 4. The maximum atomic E-state index is 12.4. The van der Waals surface area contributed by atoms with Gasteiger partial charge >= 0.3 is 0 Å². The zero-order valence-electron chi connectivity index (χ0n) is 14.9. The number of anilines is 1. The molecule has 1 aliphatic heterocycles. The second kappa shape index (κ2) is 8.60. The fraction of sp³-hybridized carbons (Fsp3) is 0.333. The van der Waals surface area contributed by atoms with Crippen LogP contribution in [0.15, 0.2) is 35.8 Å². The largest absolute Gasteiger partial charge is 0.321 e. The molecule has 2 N–H and O–H groups in total. The van der Waals surface area contributed by atoms with Gasteiger partial charge in [-0.05, 0) is 45.0 Å². The van der Waals surface area contributed by atoms with Crippen molar-refractivity contribution in [3.05, 3.63) is 46.5 Å². The van der Waals surface area contributed by atoms with Crippen molar-refractivity contribution in [2.75, 3.05) is 18.4 Å². The van der Waals surface area contributed by atoms with Gasteiger partial charge in [-0.15, -0.1) is 28.8 Å². The van der Waals surface area contributed by atoms with E-state index in [0.29, 0.717) is 11.7 Å². The number of amides is 1. The molecule has 0 spiro atoms. The molecule has 1 fully saturated rings. The summed E-state index contributed by atoms with van der Waals surface area (Å²) in [4.78, 5) is 16.9. The van der Waals surface area contributed by atoms with Crippen LogP contribution in [0.1, 0.15) is 34.4 Å². The van der Waals surface area contributed by atoms with Crippen molar-refractivity contribution >= 4 is 35.3 Å². The lowest BCUT2D eigenvalue weighted by atomic mass is 10.1. The minimum Gasteiger partial charge on any atom is -0.321 e. The Hall–Kier alpha value is -2.29. The molecule has 0 bridgehead atoms. The number of halogens is 1. The molecule has 0 radical (unpaired) electrons. The molecule has 2 aromatic heterocycles. The highest BCUT2D eigenvalue weighted by molar-refractivity contribution is 7.09. The molecular weight excluding hydrogens is 384 g/mol. The lowest BCUT2D eigenvalue weighted by Gasteiger charge is -2.22. The van der Waals surface area contributed by atoms with E-state index in [1.165, 1.54) is 0 Å². The van der Waals surface area contributed by atoms with Crippen molar-refractivity contribution in [1.82, 2.24) is 25.3 Å². The molecular formula is C18H21ClN6OS. The molecule has 0 saturated carbocycles. The van der Waals surface area contributed by atoms with Crippen LogP contribution in [0.4, 0.5) is 5.69 Å². The van der Waals surface area contributed by atoms with Crippen LogP contribution in [-0.2, 0) is 0 Å². The summed E-state index contributed by atoms with van der Waals surface area (Å²) in [6.45, 7) is 3.92. The zero-order chi connectivity index (χ0) is 17.9. The lowest BCUT2D eigenvalue weighted by molar-refractivity contribution is 0.102. The zero-order valence-corrected chi connectivity index (χ0v) is 16.5. The number of thiazole rings is 1. The third-order valence-corrected chi connectivity index (χ3v) is 5.26. The molecule has 0 atom stereocenters. The Morgan fingerprint density at radius 3 is 2.67 bits per heavy atom. The number of nitrogens with one attached hydrogen (secondary N) is 2. The third kappa shape index (κ3) is 4.52. The maximum Gasteiger partial charge on any atom is 0.277 e. The van der Waals surface area contributed by atoms with E-state index >= 15 is 0 Å². The highest BCUT2D eigenvalue weighted by Gasteiger charge is 2.18. The molecule has 9 heteroatoms. The number of rotatable bonds is 4. The monoisotopic (exact) mass is 404 g/mol. The van der Waals surface area contributed by atoms with Gasteiger partial charge in [-0.3, -0.25) is 4.79 Å². The van der Waals surface area contributed by atoms with Gasteiger partial charge in [-0.2, -0.15) is 0 Å². The first-order valence-corrected chi connectivity index (χ1v) is 9.53. The third-order valence-electron chi connectivity index (χ3n) is 4.48. The minimum atomic E-state index is -0.248. The minimum absolute atomic E-state index is 0. The second-order valence-corrected chi connectivity index (χ2v) is 7.41. The molecule has 1 aromatic carbocycles. The average Bonchev–Trinajstić information content (AvgIpc) is 3.32. The molecule has 1 saturated heterocycles. The number of piperidine rings is 1. The molecule has 27 heavy (non-hydrogen) atoms. The molecule has 1 aliphatic rings. The number of hydrogen-bond donors (Lipinski definition) is 2. The first-order chi connectivity index (χ1) is 12.7. The standard InChI is InChI=1S/C18H20N6OS.ClH/c1-12-20-17(11-26-12)13-2-4-14(5-3-13)21-18(25)16-10-24(23-22-16)15-6-8-19-9-7-15;/h2-5,10-11,15,19H,6-9H2,1H3,(H,21,25);1H. The topological polar surface area (TPSA) is 84.7 Å². The summed E-state index contributed by atoms with van der Waals surface area (Å²) in [5.74, 6) is -0.248. The van der Waals surface area contributed by atoms with Crippen LogP contribution in [0.5, 0.6) is 0 Å². The second-order valence-electron chi connectivity index (χ2n) is 6.35. The summed E-state index contributed by atoms with van der Waals surface area (Å²) in [6, 6.07) is 7.97. The van der Waals surface area contributed by atoms with Crippen molar-refractivity contribution in [2.24, 2.45) is 0 Å². The Kier molecular flexibility index (Phi) is 6.20. The van der Waals surface area contributed by atoms with Crippen molar-refractivity contribution < 1.29 is 4.79 Å². The maximum absolute atomic E-state index is 12.4. The molecule has 3 heterocycles. The van der Waals surface area contributed by atoms with E-state index in [2.05, 4.69) is 25.9 Å². The van der Waals surface area contributed by atoms with Gasteiger partial charge in [0.25, 0.3) is 5.91 Å². The van der Waals surface area contributed by atoms with E-state index < -0.39 is 0 Å². The van der Waals surface area contributed by atoms with Crippen LogP contribution in [0.2, 0.25) is 0 Å². The Morgan fingerprint density at radius 2 is 2.00 bits per heavy atom. The van der Waals surface area contributed by atoms with Gasteiger partial charge in [0, 0.05) is 16.6 Å². The summed E-state index contributed by atoms with van der Waals surface area (Å²) in [5, 5.41) is 17.4. The highest BCUT2D eigenvalue weighted by atomic mass is 35.5. The van der Waals surface area contributed by atoms with E-state index in [-0.39, 0.29) is 18.3 Å². The Labute approximate surface area is 167 Å². The van der Waals surface area contributed by atoms with Gasteiger partial charge in [-0.25, -0.2) is 9.67 Å². The van der Waals surface area contributed by atoms with Crippen LogP contribution in [0.3, 0.4) is 0 Å². The number of hydrogen-bond acceptors (Lipinski definition) is 6. The van der Waals surface area contributed by atoms with E-state index in [1.54, 1.807) is 17.5 Å². The summed E-state index contributed by atoms with van der Waals surface area (Å²) in [5.41, 5.74) is 3.05. The molecule has 7 nitrogen and oxygen atoms in total. The Morgan fingerprint density at radius 1 is 1.26 bits per heavy atom. The van der Waals surface area contributed by atoms with E-state index in [0.717, 1.165) is 47.9 Å². The van der Waals surface area contributed by atoms with Crippen molar-refractivity contribution in [3.8, 4) is 11.3 Å². The normalized spacial score (nSPS) is 14.6.